The van der Waals surface area contributed by atoms with Crippen LogP contribution in [0.4, 0.5) is 23.1 Å². The molecule has 0 unspecified atom stereocenters. The van der Waals surface area contributed by atoms with E-state index in [0.29, 0.717) is 121 Å². The fourth-order valence-corrected chi connectivity index (χ4v) is 7.81. The van der Waals surface area contributed by atoms with Crippen LogP contribution in [0.1, 0.15) is 60.9 Å². The van der Waals surface area contributed by atoms with Gasteiger partial charge in [0, 0.05) is 57.3 Å². The molecule has 1 atom stereocenters. The van der Waals surface area contributed by atoms with Gasteiger partial charge in [-0.3, -0.25) is 19.9 Å². The van der Waals surface area contributed by atoms with E-state index in [9.17, 15) is 14.7 Å². The highest BCUT2D eigenvalue weighted by Gasteiger charge is 2.28. The van der Waals surface area contributed by atoms with Gasteiger partial charge in [-0.05, 0) is 119 Å². The number of piperidine rings is 1. The fourth-order valence-electron chi connectivity index (χ4n) is 7.81. The second-order valence-electron chi connectivity index (χ2n) is 16.9. The molecule has 1 saturated heterocycles. The molecule has 6 N–H and O–H groups in total. The number of carbonyl (C=O) groups excluding carboxylic acids is 2. The van der Waals surface area contributed by atoms with E-state index in [0.717, 1.165) is 87.1 Å². The smallest absolute Gasteiger partial charge is 0.251 e. The first-order valence-electron chi connectivity index (χ1n) is 24.7. The number of fused-ring (bicyclic) bond motifs is 1. The molecule has 6 rings (SSSR count). The molecule has 2 amide bonds. The number of nitrogens with two attached hydrogens (primary N) is 1. The van der Waals surface area contributed by atoms with E-state index >= 15 is 0 Å². The van der Waals surface area contributed by atoms with Gasteiger partial charge in [0.25, 0.3) is 5.91 Å². The van der Waals surface area contributed by atoms with Crippen LogP contribution in [0.5, 0.6) is 5.75 Å². The average molecular weight is 966 g/mol. The van der Waals surface area contributed by atoms with Crippen molar-refractivity contribution in [2.45, 2.75) is 57.9 Å². The molecule has 0 bridgehead atoms. The van der Waals surface area contributed by atoms with Gasteiger partial charge in [0.1, 0.15) is 17.3 Å². The molecule has 3 heterocycles. The highest BCUT2D eigenvalue weighted by molar-refractivity contribution is 5.94. The van der Waals surface area contributed by atoms with Gasteiger partial charge in [-0.25, -0.2) is 9.97 Å². The molecule has 0 radical (unpaired) electrons. The lowest BCUT2D eigenvalue weighted by Crippen LogP contribution is -2.41. The average Bonchev–Trinajstić information content (AvgIpc) is 3.74. The van der Waals surface area contributed by atoms with Crippen molar-refractivity contribution in [2.24, 2.45) is 21.9 Å². The summed E-state index contributed by atoms with van der Waals surface area (Å²) in [6, 6.07) is 20.0. The van der Waals surface area contributed by atoms with Gasteiger partial charge in [-0.1, -0.05) is 24.6 Å². The summed E-state index contributed by atoms with van der Waals surface area (Å²) >= 11 is 0. The van der Waals surface area contributed by atoms with E-state index < -0.39 is 0 Å². The maximum atomic E-state index is 13.5. The van der Waals surface area contributed by atoms with Gasteiger partial charge in [-0.15, -0.1) is 5.11 Å². The Bertz CT molecular complexity index is 2300. The Labute approximate surface area is 410 Å². The Hall–Kier alpha value is -5.93. The SMILES string of the molecule is NCCc1ccc(O)c(/N=N/c2ccc(C(=O)NCCCOCCOCCOCCOCCOCCCNCCCCCn3c(NC(=O)[C@H]4CCCN(c5cnccn5)C4)nc4ccccc43)cc2)c1. The molecule has 0 saturated carbocycles. The summed E-state index contributed by atoms with van der Waals surface area (Å²) in [4.78, 5) is 41.5. The summed E-state index contributed by atoms with van der Waals surface area (Å²) in [6.45, 7) is 10.2. The minimum atomic E-state index is -0.183. The summed E-state index contributed by atoms with van der Waals surface area (Å²) in [5.74, 6) is 1.13. The standard InChI is InChI=1S/C51H71N11O8/c52-19-18-40-12-17-47(63)45(37-40)60-59-43-15-13-41(14-16-43)49(64)56-22-8-28-67-30-32-69-34-36-70-35-33-68-31-29-66-27-7-21-53-20-4-1-5-26-62-46-11-3-2-10-44(46)57-51(62)58-50(65)42-9-6-25-61(39-42)48-38-54-23-24-55-48/h2-3,10-17,23-24,37-38,42,53,63H,1,4-9,18-22,25-36,39,52H2,(H,56,64)(H,57,58,65)/b60-59+/t42-/m0/s1. The van der Waals surface area contributed by atoms with E-state index in [1.807, 2.05) is 18.2 Å². The first-order valence-corrected chi connectivity index (χ1v) is 24.7. The Balaban J connectivity index is 0.680. The Kier molecular flexibility index (Phi) is 23.9. The van der Waals surface area contributed by atoms with Gasteiger partial charge >= 0.3 is 0 Å². The number of azo groups is 1. The molecule has 19 nitrogen and oxygen atoms in total. The van der Waals surface area contributed by atoms with E-state index in [1.165, 1.54) is 0 Å². The number of hydrogen-bond donors (Lipinski definition) is 5. The summed E-state index contributed by atoms with van der Waals surface area (Å²) in [7, 11) is 0. The Morgan fingerprint density at radius 1 is 0.771 bits per heavy atom. The number of anilines is 2. The van der Waals surface area contributed by atoms with Crippen molar-refractivity contribution in [1.29, 1.82) is 0 Å². The van der Waals surface area contributed by atoms with E-state index in [1.54, 1.807) is 61.1 Å². The third-order valence-electron chi connectivity index (χ3n) is 11.5. The van der Waals surface area contributed by atoms with Crippen molar-refractivity contribution in [3.63, 3.8) is 0 Å². The molecular weight excluding hydrogens is 895 g/mol. The number of nitrogens with one attached hydrogen (secondary N) is 3. The quantitative estimate of drug-likeness (QED) is 0.0223. The van der Waals surface area contributed by atoms with Gasteiger partial charge < -0.3 is 54.6 Å². The summed E-state index contributed by atoms with van der Waals surface area (Å²) in [5, 5.41) is 27.9. The number of amides is 2. The molecule has 1 fully saturated rings. The zero-order valence-electron chi connectivity index (χ0n) is 40.4. The number of benzene rings is 3. The summed E-state index contributed by atoms with van der Waals surface area (Å²) in [5.41, 5.74) is 9.94. The predicted octanol–water partition coefficient (Wildman–Crippen LogP) is 6.36. The summed E-state index contributed by atoms with van der Waals surface area (Å²) < 4.78 is 30.2. The second-order valence-corrected chi connectivity index (χ2v) is 16.9. The van der Waals surface area contributed by atoms with Crippen molar-refractivity contribution in [3.05, 3.63) is 96.4 Å². The number of phenolic OH excluding ortho intramolecular Hbond substituents is 1. The molecule has 1 aliphatic rings. The molecule has 5 aromatic rings. The third-order valence-corrected chi connectivity index (χ3v) is 11.5. The zero-order chi connectivity index (χ0) is 48.9. The largest absolute Gasteiger partial charge is 0.506 e. The van der Waals surface area contributed by atoms with Crippen LogP contribution in [-0.4, -0.2) is 142 Å². The molecule has 0 spiro atoms. The molecule has 19 heteroatoms. The van der Waals surface area contributed by atoms with Crippen LogP contribution in [0.15, 0.2) is 95.5 Å². The maximum absolute atomic E-state index is 13.5. The first-order chi connectivity index (χ1) is 34.5. The molecule has 3 aromatic carbocycles. The van der Waals surface area contributed by atoms with Crippen LogP contribution in [0.3, 0.4) is 0 Å². The number of nitrogens with zero attached hydrogens (tertiary/aromatic N) is 7. The van der Waals surface area contributed by atoms with Crippen molar-refractivity contribution in [2.75, 3.05) is 116 Å². The van der Waals surface area contributed by atoms with Gasteiger partial charge in [0.05, 0.1) is 81.7 Å². The van der Waals surface area contributed by atoms with Crippen molar-refractivity contribution < 1.29 is 38.4 Å². The van der Waals surface area contributed by atoms with Crippen LogP contribution in [0.2, 0.25) is 0 Å². The second kappa shape index (κ2) is 31.3. The number of aromatic hydroxyl groups is 1. The monoisotopic (exact) mass is 966 g/mol. The number of aryl methyl sites for hydroxylation is 1. The predicted molar refractivity (Wildman–Crippen MR) is 269 cm³/mol. The van der Waals surface area contributed by atoms with E-state index in [4.69, 9.17) is 34.4 Å². The number of aromatic nitrogens is 4. The topological polar surface area (TPSA) is 234 Å². The molecule has 70 heavy (non-hydrogen) atoms. The minimum absolute atomic E-state index is 0.00154. The van der Waals surface area contributed by atoms with Crippen molar-refractivity contribution >= 4 is 46.0 Å². The summed E-state index contributed by atoms with van der Waals surface area (Å²) in [6.07, 6.45) is 12.3. The number of phenols is 1. The number of ether oxygens (including phenoxy) is 5. The fraction of sp³-hybridized carbons (Fsp3) is 0.510. The first kappa shape index (κ1) is 53.4. The molecule has 0 aliphatic carbocycles. The molecule has 2 aromatic heterocycles. The molecule has 378 valence electrons. The molecular formula is C51H71N11O8. The number of para-hydroxylation sites is 2. The van der Waals surface area contributed by atoms with Crippen LogP contribution in [-0.2, 0) is 41.4 Å². The maximum Gasteiger partial charge on any atom is 0.251 e. The van der Waals surface area contributed by atoms with Crippen LogP contribution >= 0.6 is 0 Å². The number of rotatable bonds is 34. The highest BCUT2D eigenvalue weighted by Crippen LogP contribution is 2.30. The lowest BCUT2D eigenvalue weighted by atomic mass is 9.97. The van der Waals surface area contributed by atoms with Crippen LogP contribution in [0, 0.1) is 5.92 Å². The lowest BCUT2D eigenvalue weighted by molar-refractivity contribution is -0.120. The van der Waals surface area contributed by atoms with Crippen LogP contribution in [0.25, 0.3) is 11.0 Å². The normalized spacial score (nSPS) is 13.9. The molecule has 1 aliphatic heterocycles. The van der Waals surface area contributed by atoms with Crippen molar-refractivity contribution in [3.8, 4) is 5.75 Å². The van der Waals surface area contributed by atoms with E-state index in [-0.39, 0.29) is 23.5 Å². The van der Waals surface area contributed by atoms with E-state index in [2.05, 4.69) is 51.7 Å². The third kappa shape index (κ3) is 18.8. The number of unbranched alkanes of at least 4 members (excludes halogenated alkanes) is 2. The zero-order valence-corrected chi connectivity index (χ0v) is 40.4. The number of hydrogen-bond acceptors (Lipinski definition) is 16. The van der Waals surface area contributed by atoms with Crippen molar-refractivity contribution in [1.82, 2.24) is 30.2 Å². The van der Waals surface area contributed by atoms with Gasteiger partial charge in [0.15, 0.2) is 0 Å². The van der Waals surface area contributed by atoms with Crippen LogP contribution < -0.4 is 26.6 Å². The van der Waals surface area contributed by atoms with Gasteiger partial charge in [-0.2, -0.15) is 5.11 Å². The number of imidazole rings is 1. The minimum Gasteiger partial charge on any atom is -0.506 e. The Morgan fingerprint density at radius 2 is 1.47 bits per heavy atom. The van der Waals surface area contributed by atoms with Gasteiger partial charge in [0.2, 0.25) is 11.9 Å². The lowest BCUT2D eigenvalue weighted by Gasteiger charge is -2.32. The number of carbonyl (C=O) groups is 2. The highest BCUT2D eigenvalue weighted by atomic mass is 16.6. The Morgan fingerprint density at radius 3 is 2.19 bits per heavy atom.